The average molecular weight is 415 g/mol. The van der Waals surface area contributed by atoms with Crippen molar-refractivity contribution in [2.24, 2.45) is 27.2 Å². The van der Waals surface area contributed by atoms with Crippen molar-refractivity contribution in [3.63, 3.8) is 0 Å². The molecule has 0 bridgehead atoms. The lowest BCUT2D eigenvalue weighted by atomic mass is 10.2. The molecule has 0 heterocycles. The number of ether oxygens (including phenoxy) is 1. The number of nitrogens with zero attached hydrogens (tertiary/aromatic N) is 3. The van der Waals surface area contributed by atoms with Gasteiger partial charge in [-0.2, -0.15) is 10.3 Å². The number of amides is 1. The summed E-state index contributed by atoms with van der Waals surface area (Å²) in [5, 5.41) is 9.42. The maximum Gasteiger partial charge on any atom is 0.218 e. The van der Waals surface area contributed by atoms with E-state index in [1.165, 1.54) is 23.9 Å². The highest BCUT2D eigenvalue weighted by atomic mass is 35.5. The predicted molar refractivity (Wildman–Crippen MR) is 105 cm³/mol. The Morgan fingerprint density at radius 1 is 1.27 bits per heavy atom. The number of amidine groups is 1. The number of benzene rings is 1. The van der Waals surface area contributed by atoms with E-state index in [0.717, 1.165) is 0 Å². The number of halogens is 2. The van der Waals surface area contributed by atoms with E-state index in [1.54, 1.807) is 0 Å². The van der Waals surface area contributed by atoms with Gasteiger partial charge in [0.25, 0.3) is 0 Å². The van der Waals surface area contributed by atoms with Crippen LogP contribution >= 0.6 is 35.0 Å². The molecule has 138 valence electrons. The third-order valence-corrected chi connectivity index (χ3v) is 4.08. The smallest absolute Gasteiger partial charge is 0.218 e. The van der Waals surface area contributed by atoms with Gasteiger partial charge >= 0.3 is 0 Å². The number of hydrogen-bond donors (Lipinski definition) is 3. The molecule has 1 rings (SSSR count). The molecule has 11 heteroatoms. The average Bonchev–Trinajstić information content (AvgIpc) is 2.52. The minimum atomic E-state index is -0.432. The Morgan fingerprint density at radius 3 is 2.54 bits per heavy atom. The van der Waals surface area contributed by atoms with Crippen LogP contribution < -0.4 is 21.9 Å². The number of nitriles is 1. The lowest BCUT2D eigenvalue weighted by molar-refractivity contribution is -0.117. The second-order valence-corrected chi connectivity index (χ2v) is 6.62. The summed E-state index contributed by atoms with van der Waals surface area (Å²) >= 11 is 13.5. The number of carbonyl (C=O) groups excluding carboxylic acids is 1. The highest BCUT2D eigenvalue weighted by Crippen LogP contribution is 2.32. The molecule has 0 aliphatic rings. The lowest BCUT2D eigenvalue weighted by Gasteiger charge is -2.10. The number of hydrogen-bond acceptors (Lipinski definition) is 5. The van der Waals surface area contributed by atoms with Crippen molar-refractivity contribution in [2.75, 3.05) is 12.4 Å². The Bertz CT molecular complexity index is 800. The topological polar surface area (TPSA) is 153 Å². The maximum absolute atomic E-state index is 10.8. The third kappa shape index (κ3) is 7.23. The van der Waals surface area contributed by atoms with Crippen LogP contribution in [-0.2, 0) is 4.79 Å². The molecule has 0 spiro atoms. The first-order valence-corrected chi connectivity index (χ1v) is 8.76. The lowest BCUT2D eigenvalue weighted by Crippen LogP contribution is -2.24. The van der Waals surface area contributed by atoms with E-state index in [1.807, 2.05) is 6.07 Å². The summed E-state index contributed by atoms with van der Waals surface area (Å²) in [6.45, 7) is 3.57. The molecule has 8 nitrogen and oxygen atoms in total. The van der Waals surface area contributed by atoms with Crippen molar-refractivity contribution in [3.05, 3.63) is 39.3 Å². The number of thioether (sulfide) groups is 1. The van der Waals surface area contributed by atoms with Crippen LogP contribution in [0.2, 0.25) is 10.0 Å². The Morgan fingerprint density at radius 2 is 1.96 bits per heavy atom. The maximum atomic E-state index is 10.8. The van der Waals surface area contributed by atoms with Crippen molar-refractivity contribution < 1.29 is 9.53 Å². The van der Waals surface area contributed by atoms with Gasteiger partial charge in [0.05, 0.1) is 15.1 Å². The van der Waals surface area contributed by atoms with Crippen molar-refractivity contribution in [3.8, 4) is 11.8 Å². The molecule has 0 radical (unpaired) electrons. The van der Waals surface area contributed by atoms with Crippen molar-refractivity contribution in [1.82, 2.24) is 0 Å². The number of nitrogens with two attached hydrogens (primary N) is 3. The Balaban J connectivity index is 3.22. The van der Waals surface area contributed by atoms with E-state index in [4.69, 9.17) is 50.4 Å². The molecule has 0 aliphatic carbocycles. The quantitative estimate of drug-likeness (QED) is 0.436. The highest BCUT2D eigenvalue weighted by Gasteiger charge is 2.14. The van der Waals surface area contributed by atoms with Gasteiger partial charge in [0.15, 0.2) is 18.4 Å². The van der Waals surface area contributed by atoms with Crippen molar-refractivity contribution in [1.29, 1.82) is 5.26 Å². The molecule has 0 saturated carbocycles. The van der Waals surface area contributed by atoms with Crippen LogP contribution in [0.4, 0.5) is 0 Å². The molecule has 1 amide bonds. The van der Waals surface area contributed by atoms with Crippen LogP contribution in [0.3, 0.4) is 0 Å². The summed E-state index contributed by atoms with van der Waals surface area (Å²) in [7, 11) is 0. The molecule has 0 aromatic heterocycles. The summed E-state index contributed by atoms with van der Waals surface area (Å²) in [4.78, 5) is 19.0. The summed E-state index contributed by atoms with van der Waals surface area (Å²) in [6.07, 6.45) is 0.171. The van der Waals surface area contributed by atoms with E-state index >= 15 is 0 Å². The molecule has 0 saturated heterocycles. The number of aliphatic imine (C=N–C) groups is 2. The van der Waals surface area contributed by atoms with Crippen LogP contribution in [0.25, 0.3) is 0 Å². The second-order valence-electron chi connectivity index (χ2n) is 4.64. The van der Waals surface area contributed by atoms with Gasteiger partial charge in [-0.1, -0.05) is 29.8 Å². The van der Waals surface area contributed by atoms with E-state index in [2.05, 4.69) is 16.6 Å². The largest absolute Gasteiger partial charge is 0.477 e. The van der Waals surface area contributed by atoms with Gasteiger partial charge < -0.3 is 21.9 Å². The first-order valence-electron chi connectivity index (χ1n) is 7.02. The first-order chi connectivity index (χ1) is 12.2. The molecule has 1 aromatic rings. The normalized spacial score (nSPS) is 10.7. The fraction of sp³-hybridized carbons (Fsp3) is 0.200. The molecule has 0 fully saturated rings. The number of guanidine groups is 1. The molecule has 1 aromatic carbocycles. The molecule has 26 heavy (non-hydrogen) atoms. The molecule has 0 aliphatic heterocycles. The summed E-state index contributed by atoms with van der Waals surface area (Å²) in [5.74, 6) is 0.0172. The van der Waals surface area contributed by atoms with Crippen molar-refractivity contribution >= 4 is 52.7 Å². The molecular weight excluding hydrogens is 399 g/mol. The van der Waals surface area contributed by atoms with Gasteiger partial charge in [-0.05, 0) is 12.1 Å². The molecule has 0 atom stereocenters. The van der Waals surface area contributed by atoms with Gasteiger partial charge in [-0.25, -0.2) is 4.99 Å². The van der Waals surface area contributed by atoms with E-state index in [9.17, 15) is 4.79 Å². The molecule has 6 N–H and O–H groups in total. The Hall–Kier alpha value is -2.41. The summed E-state index contributed by atoms with van der Waals surface area (Å²) in [5.41, 5.74) is 16.3. The minimum absolute atomic E-state index is 0.0741. The SMILES string of the molecule is C=C(/N=C(\N=C(N)N)c1cc(OCC#N)c(Cl)cc1Cl)SCCC(N)=O. The zero-order valence-electron chi connectivity index (χ0n) is 13.5. The van der Waals surface area contributed by atoms with Crippen molar-refractivity contribution in [2.45, 2.75) is 6.42 Å². The number of primary amides is 1. The fourth-order valence-corrected chi connectivity index (χ4v) is 2.82. The number of rotatable bonds is 8. The van der Waals surface area contributed by atoms with Gasteiger partial charge in [-0.15, -0.1) is 11.8 Å². The second kappa shape index (κ2) is 10.6. The zero-order chi connectivity index (χ0) is 19.7. The van der Waals surface area contributed by atoms with Crippen LogP contribution in [0.5, 0.6) is 5.75 Å². The highest BCUT2D eigenvalue weighted by molar-refractivity contribution is 8.03. The number of carbonyl (C=O) groups is 1. The Labute approximate surface area is 164 Å². The molecular formula is C15H16Cl2N6O2S. The third-order valence-electron chi connectivity index (χ3n) is 2.64. The standard InChI is InChI=1S/C15H16Cl2N6O2S/c1-8(26-5-2-13(19)24)22-14(23-15(20)21)9-6-12(25-4-3-18)11(17)7-10(9)16/h6-7H,1-2,4-5H2,(H2,19,24)(H4,20,21,22,23). The van der Waals surface area contributed by atoms with E-state index in [-0.39, 0.29) is 40.6 Å². The zero-order valence-corrected chi connectivity index (χ0v) is 15.9. The van der Waals surface area contributed by atoms with Crippen LogP contribution in [0.1, 0.15) is 12.0 Å². The summed E-state index contributed by atoms with van der Waals surface area (Å²) in [6, 6.07) is 4.73. The van der Waals surface area contributed by atoms with Crippen LogP contribution in [0, 0.1) is 11.3 Å². The van der Waals surface area contributed by atoms with Crippen LogP contribution in [0.15, 0.2) is 33.7 Å². The minimum Gasteiger partial charge on any atom is -0.477 e. The monoisotopic (exact) mass is 414 g/mol. The van der Waals surface area contributed by atoms with Crippen LogP contribution in [-0.4, -0.2) is 30.1 Å². The fourth-order valence-electron chi connectivity index (χ4n) is 1.61. The molecule has 0 unspecified atom stereocenters. The van der Waals surface area contributed by atoms with Gasteiger partial charge in [0, 0.05) is 17.7 Å². The van der Waals surface area contributed by atoms with E-state index in [0.29, 0.717) is 16.3 Å². The van der Waals surface area contributed by atoms with E-state index < -0.39 is 5.91 Å². The summed E-state index contributed by atoms with van der Waals surface area (Å²) < 4.78 is 5.24. The van der Waals surface area contributed by atoms with Gasteiger partial charge in [0.2, 0.25) is 5.91 Å². The predicted octanol–water partition coefficient (Wildman–Crippen LogP) is 2.00. The van der Waals surface area contributed by atoms with Gasteiger partial charge in [0.1, 0.15) is 11.8 Å². The first kappa shape index (κ1) is 21.6. The Kier molecular flexibility index (Phi) is 8.78. The van der Waals surface area contributed by atoms with Gasteiger partial charge in [-0.3, -0.25) is 4.79 Å².